The van der Waals surface area contributed by atoms with Crippen LogP contribution in [0.4, 0.5) is 4.79 Å². The highest BCUT2D eigenvalue weighted by Crippen LogP contribution is 2.40. The van der Waals surface area contributed by atoms with E-state index in [9.17, 15) is 9.59 Å². The van der Waals surface area contributed by atoms with Gasteiger partial charge in [-0.2, -0.15) is 0 Å². The lowest BCUT2D eigenvalue weighted by molar-refractivity contribution is -0.136. The molecule has 1 aromatic rings. The van der Waals surface area contributed by atoms with Crippen molar-refractivity contribution in [2.45, 2.75) is 63.3 Å². The molecule has 0 unspecified atom stereocenters. The van der Waals surface area contributed by atoms with Crippen molar-refractivity contribution in [3.63, 3.8) is 0 Å². The van der Waals surface area contributed by atoms with E-state index >= 15 is 0 Å². The van der Waals surface area contributed by atoms with Crippen LogP contribution in [0.2, 0.25) is 5.02 Å². The van der Waals surface area contributed by atoms with Gasteiger partial charge in [0.15, 0.2) is 0 Å². The summed E-state index contributed by atoms with van der Waals surface area (Å²) in [5.41, 5.74) is 0.785. The van der Waals surface area contributed by atoms with Crippen molar-refractivity contribution < 1.29 is 14.7 Å². The van der Waals surface area contributed by atoms with Crippen molar-refractivity contribution in [3.05, 3.63) is 34.9 Å². The minimum Gasteiger partial charge on any atom is -0.465 e. The SMILES string of the molecule is C[C@@]1(c2ccc(Cl)cc2)CN(C(=O)C2CCN(C3CCCCC3)CC2)C[C@@H]1CNC(=O)O. The van der Waals surface area contributed by atoms with Crippen LogP contribution in [0.3, 0.4) is 0 Å². The summed E-state index contributed by atoms with van der Waals surface area (Å²) in [6, 6.07) is 8.47. The van der Waals surface area contributed by atoms with E-state index in [0.717, 1.165) is 31.5 Å². The number of amides is 2. The van der Waals surface area contributed by atoms with Crippen LogP contribution in [-0.4, -0.2) is 65.7 Å². The van der Waals surface area contributed by atoms with E-state index in [1.54, 1.807) is 0 Å². The summed E-state index contributed by atoms with van der Waals surface area (Å²) in [6.45, 7) is 5.71. The zero-order chi connectivity index (χ0) is 22.7. The third-order valence-electron chi connectivity index (χ3n) is 8.15. The number of hydrogen-bond acceptors (Lipinski definition) is 3. The highest BCUT2D eigenvalue weighted by atomic mass is 35.5. The summed E-state index contributed by atoms with van der Waals surface area (Å²) in [6.07, 6.45) is 7.50. The van der Waals surface area contributed by atoms with Gasteiger partial charge in [-0.15, -0.1) is 0 Å². The summed E-state index contributed by atoms with van der Waals surface area (Å²) >= 11 is 6.09. The third kappa shape index (κ3) is 5.07. The van der Waals surface area contributed by atoms with E-state index in [1.807, 2.05) is 29.2 Å². The average Bonchev–Trinajstić information content (AvgIpc) is 3.15. The molecule has 3 aliphatic rings. The van der Waals surface area contributed by atoms with Crippen molar-refractivity contribution in [3.8, 4) is 0 Å². The van der Waals surface area contributed by atoms with Gasteiger partial charge in [-0.25, -0.2) is 4.79 Å². The smallest absolute Gasteiger partial charge is 0.404 e. The number of benzene rings is 1. The van der Waals surface area contributed by atoms with Crippen molar-refractivity contribution in [2.75, 3.05) is 32.7 Å². The normalized spacial score (nSPS) is 28.1. The van der Waals surface area contributed by atoms with Gasteiger partial charge in [-0.05, 0) is 56.5 Å². The Balaban J connectivity index is 1.42. The Morgan fingerprint density at radius 1 is 1.09 bits per heavy atom. The van der Waals surface area contributed by atoms with Crippen molar-refractivity contribution in [2.24, 2.45) is 11.8 Å². The third-order valence-corrected chi connectivity index (χ3v) is 8.40. The number of carbonyl (C=O) groups is 2. The molecule has 2 atom stereocenters. The van der Waals surface area contributed by atoms with Crippen LogP contribution in [0, 0.1) is 11.8 Å². The molecular formula is C25H36ClN3O3. The number of carbonyl (C=O) groups excluding carboxylic acids is 1. The molecule has 1 aromatic carbocycles. The molecule has 0 spiro atoms. The van der Waals surface area contributed by atoms with Gasteiger partial charge in [0.25, 0.3) is 0 Å². The number of piperidine rings is 1. The first-order valence-corrected chi connectivity index (χ1v) is 12.5. The highest BCUT2D eigenvalue weighted by molar-refractivity contribution is 6.30. The Labute approximate surface area is 196 Å². The molecular weight excluding hydrogens is 426 g/mol. The van der Waals surface area contributed by atoms with Gasteiger partial charge in [-0.1, -0.05) is 49.9 Å². The van der Waals surface area contributed by atoms with Crippen molar-refractivity contribution >= 4 is 23.6 Å². The first kappa shape index (κ1) is 23.4. The molecule has 2 saturated heterocycles. The maximum Gasteiger partial charge on any atom is 0.404 e. The molecule has 1 aliphatic carbocycles. The van der Waals surface area contributed by atoms with E-state index < -0.39 is 6.09 Å². The maximum absolute atomic E-state index is 13.5. The molecule has 2 aliphatic heterocycles. The molecule has 4 rings (SSSR count). The fraction of sp³-hybridized carbons (Fsp3) is 0.680. The van der Waals surface area contributed by atoms with Crippen LogP contribution in [0.5, 0.6) is 0 Å². The minimum atomic E-state index is -1.02. The Bertz CT molecular complexity index is 803. The van der Waals surface area contributed by atoms with Crippen LogP contribution in [-0.2, 0) is 10.2 Å². The molecule has 0 radical (unpaired) electrons. The number of halogens is 1. The van der Waals surface area contributed by atoms with Gasteiger partial charge >= 0.3 is 6.09 Å². The van der Waals surface area contributed by atoms with Gasteiger partial charge in [0.2, 0.25) is 5.91 Å². The van der Waals surface area contributed by atoms with Crippen LogP contribution >= 0.6 is 11.6 Å². The molecule has 1 saturated carbocycles. The standard InChI is InChI=1S/C25H36ClN3O3/c1-25(19-7-9-21(26)10-8-19)17-29(16-20(25)15-27-24(31)32)23(30)18-11-13-28(14-12-18)22-5-3-2-4-6-22/h7-10,18,20,22,27H,2-6,11-17H2,1H3,(H,31,32)/t20-,25-/m0/s1. The predicted molar refractivity (Wildman–Crippen MR) is 126 cm³/mol. The van der Waals surface area contributed by atoms with Crippen LogP contribution < -0.4 is 5.32 Å². The number of rotatable bonds is 5. The van der Waals surface area contributed by atoms with Gasteiger partial charge in [0.1, 0.15) is 0 Å². The summed E-state index contributed by atoms with van der Waals surface area (Å²) < 4.78 is 0. The van der Waals surface area contributed by atoms with E-state index in [1.165, 1.54) is 32.1 Å². The Hall–Kier alpha value is -1.79. The Kier molecular flexibility index (Phi) is 7.30. The summed E-state index contributed by atoms with van der Waals surface area (Å²) in [5.74, 6) is 0.341. The molecule has 6 nitrogen and oxygen atoms in total. The topological polar surface area (TPSA) is 72.9 Å². The average molecular weight is 462 g/mol. The largest absolute Gasteiger partial charge is 0.465 e. The summed E-state index contributed by atoms with van der Waals surface area (Å²) in [5, 5.41) is 12.4. The summed E-state index contributed by atoms with van der Waals surface area (Å²) in [7, 11) is 0. The number of carboxylic acid groups (broad SMARTS) is 1. The zero-order valence-electron chi connectivity index (χ0n) is 19.1. The molecule has 7 heteroatoms. The lowest BCUT2D eigenvalue weighted by Crippen LogP contribution is -2.46. The minimum absolute atomic E-state index is 0.0195. The molecule has 0 aromatic heterocycles. The first-order chi connectivity index (χ1) is 15.4. The Morgan fingerprint density at radius 3 is 2.38 bits per heavy atom. The molecule has 2 N–H and O–H groups in total. The molecule has 0 bridgehead atoms. The second-order valence-electron chi connectivity index (χ2n) is 10.1. The molecule has 3 fully saturated rings. The van der Waals surface area contributed by atoms with E-state index in [2.05, 4.69) is 17.1 Å². The number of hydrogen-bond donors (Lipinski definition) is 2. The van der Waals surface area contributed by atoms with Gasteiger partial charge < -0.3 is 20.2 Å². The van der Waals surface area contributed by atoms with Gasteiger partial charge in [-0.3, -0.25) is 4.79 Å². The molecule has 32 heavy (non-hydrogen) atoms. The maximum atomic E-state index is 13.5. The molecule has 2 amide bonds. The number of nitrogens with zero attached hydrogens (tertiary/aromatic N) is 2. The van der Waals surface area contributed by atoms with Crippen LogP contribution in [0.15, 0.2) is 24.3 Å². The Morgan fingerprint density at radius 2 is 1.75 bits per heavy atom. The fourth-order valence-electron chi connectivity index (χ4n) is 6.10. The predicted octanol–water partition coefficient (Wildman–Crippen LogP) is 4.37. The molecule has 176 valence electrons. The second-order valence-corrected chi connectivity index (χ2v) is 10.6. The second kappa shape index (κ2) is 10.0. The quantitative estimate of drug-likeness (QED) is 0.683. The lowest BCUT2D eigenvalue weighted by atomic mass is 9.74. The van der Waals surface area contributed by atoms with Crippen molar-refractivity contribution in [1.29, 1.82) is 0 Å². The van der Waals surface area contributed by atoms with Gasteiger partial charge in [0.05, 0.1) is 0 Å². The fourth-order valence-corrected chi connectivity index (χ4v) is 6.23. The zero-order valence-corrected chi connectivity index (χ0v) is 19.8. The van der Waals surface area contributed by atoms with Gasteiger partial charge in [0, 0.05) is 47.9 Å². The monoisotopic (exact) mass is 461 g/mol. The van der Waals surface area contributed by atoms with E-state index in [0.29, 0.717) is 30.7 Å². The number of likely N-dealkylation sites (tertiary alicyclic amines) is 2. The highest BCUT2D eigenvalue weighted by Gasteiger charge is 2.47. The molecule has 2 heterocycles. The van der Waals surface area contributed by atoms with Crippen LogP contribution in [0.1, 0.15) is 57.4 Å². The van der Waals surface area contributed by atoms with E-state index in [-0.39, 0.29) is 23.2 Å². The van der Waals surface area contributed by atoms with Crippen LogP contribution in [0.25, 0.3) is 0 Å². The lowest BCUT2D eigenvalue weighted by Gasteiger charge is -2.39. The summed E-state index contributed by atoms with van der Waals surface area (Å²) in [4.78, 5) is 29.3. The van der Waals surface area contributed by atoms with E-state index in [4.69, 9.17) is 16.7 Å². The van der Waals surface area contributed by atoms with Crippen molar-refractivity contribution in [1.82, 2.24) is 15.1 Å². The number of nitrogens with one attached hydrogen (secondary N) is 1. The first-order valence-electron chi connectivity index (χ1n) is 12.1.